The average molecular weight is 295 g/mol. The Morgan fingerprint density at radius 1 is 1.18 bits per heavy atom. The molecular formula is C17H14FN3O. The van der Waals surface area contributed by atoms with E-state index in [0.717, 1.165) is 34.9 Å². The van der Waals surface area contributed by atoms with E-state index in [1.54, 1.807) is 6.07 Å². The van der Waals surface area contributed by atoms with E-state index >= 15 is 0 Å². The first-order valence-electron chi connectivity index (χ1n) is 7.25. The summed E-state index contributed by atoms with van der Waals surface area (Å²) in [5.41, 5.74) is 2.52. The Morgan fingerprint density at radius 2 is 2.00 bits per heavy atom. The van der Waals surface area contributed by atoms with Gasteiger partial charge in [-0.2, -0.15) is 5.10 Å². The summed E-state index contributed by atoms with van der Waals surface area (Å²) >= 11 is 0. The van der Waals surface area contributed by atoms with Gasteiger partial charge in [-0.05, 0) is 48.2 Å². The van der Waals surface area contributed by atoms with Crippen molar-refractivity contribution in [1.29, 1.82) is 0 Å². The molecular weight excluding hydrogens is 281 g/mol. The number of fused-ring (bicyclic) bond motifs is 1. The fraction of sp³-hybridized carbons (Fsp3) is 0.176. The second-order valence-electron chi connectivity index (χ2n) is 5.61. The molecule has 1 aromatic heterocycles. The number of aromatic nitrogens is 2. The third kappa shape index (κ3) is 2.35. The molecule has 1 saturated carbocycles. The van der Waals surface area contributed by atoms with Crippen molar-refractivity contribution in [3.63, 3.8) is 0 Å². The molecule has 1 heterocycles. The monoisotopic (exact) mass is 295 g/mol. The van der Waals surface area contributed by atoms with Crippen LogP contribution >= 0.6 is 0 Å². The highest BCUT2D eigenvalue weighted by Gasteiger charge is 2.30. The molecule has 0 saturated heterocycles. The van der Waals surface area contributed by atoms with E-state index in [4.69, 9.17) is 0 Å². The van der Waals surface area contributed by atoms with Crippen LogP contribution in [-0.2, 0) is 4.79 Å². The molecule has 0 atom stereocenters. The number of carbonyl (C=O) groups excluding carboxylic acids is 1. The topological polar surface area (TPSA) is 57.8 Å². The van der Waals surface area contributed by atoms with Crippen molar-refractivity contribution in [3.8, 4) is 11.1 Å². The molecule has 3 aromatic rings. The summed E-state index contributed by atoms with van der Waals surface area (Å²) in [6, 6.07) is 12.2. The highest BCUT2D eigenvalue weighted by Crippen LogP contribution is 2.32. The molecule has 4 rings (SSSR count). The quantitative estimate of drug-likeness (QED) is 0.773. The number of nitrogens with one attached hydrogen (secondary N) is 2. The minimum absolute atomic E-state index is 0.0302. The van der Waals surface area contributed by atoms with Crippen molar-refractivity contribution in [2.24, 2.45) is 5.92 Å². The Labute approximate surface area is 126 Å². The predicted molar refractivity (Wildman–Crippen MR) is 82.8 cm³/mol. The minimum atomic E-state index is -0.264. The number of rotatable bonds is 3. The van der Waals surface area contributed by atoms with Crippen molar-refractivity contribution in [3.05, 3.63) is 48.3 Å². The number of benzene rings is 2. The number of anilines is 1. The van der Waals surface area contributed by atoms with Crippen molar-refractivity contribution in [1.82, 2.24) is 10.2 Å². The molecule has 1 fully saturated rings. The van der Waals surface area contributed by atoms with E-state index in [0.29, 0.717) is 5.82 Å². The lowest BCUT2D eigenvalue weighted by Crippen LogP contribution is -2.13. The Bertz CT molecular complexity index is 867. The van der Waals surface area contributed by atoms with Gasteiger partial charge in [0.15, 0.2) is 5.82 Å². The van der Waals surface area contributed by atoms with E-state index in [2.05, 4.69) is 15.5 Å². The largest absolute Gasteiger partial charge is 0.308 e. The van der Waals surface area contributed by atoms with Crippen LogP contribution in [0.4, 0.5) is 10.2 Å². The Balaban J connectivity index is 1.68. The second kappa shape index (κ2) is 4.94. The standard InChI is InChI=1S/C17H14FN3O/c18-13-3-1-2-11(8-13)12-6-7-14-15(9-12)20-21-16(14)19-17(22)10-4-5-10/h1-3,6-10H,4-5H2,(H2,19,20,21,22). The number of carbonyl (C=O) groups is 1. The Kier molecular flexibility index (Phi) is 2.92. The fourth-order valence-corrected chi connectivity index (χ4v) is 2.53. The molecule has 5 heteroatoms. The number of hydrogen-bond acceptors (Lipinski definition) is 2. The van der Waals surface area contributed by atoms with E-state index in [1.165, 1.54) is 12.1 Å². The predicted octanol–water partition coefficient (Wildman–Crippen LogP) is 3.72. The van der Waals surface area contributed by atoms with Crippen molar-refractivity contribution in [2.75, 3.05) is 5.32 Å². The summed E-state index contributed by atoms with van der Waals surface area (Å²) in [5, 5.41) is 10.8. The van der Waals surface area contributed by atoms with Crippen molar-refractivity contribution < 1.29 is 9.18 Å². The molecule has 0 aliphatic heterocycles. The molecule has 2 N–H and O–H groups in total. The van der Waals surface area contributed by atoms with Gasteiger partial charge in [0.05, 0.1) is 5.52 Å². The van der Waals surface area contributed by atoms with E-state index in [-0.39, 0.29) is 17.6 Å². The summed E-state index contributed by atoms with van der Waals surface area (Å²) in [6.45, 7) is 0. The van der Waals surface area contributed by atoms with Crippen LogP contribution in [0.3, 0.4) is 0 Å². The van der Waals surface area contributed by atoms with Crippen LogP contribution in [0.15, 0.2) is 42.5 Å². The molecule has 0 spiro atoms. The Hall–Kier alpha value is -2.69. The lowest BCUT2D eigenvalue weighted by Gasteiger charge is -2.03. The van der Waals surface area contributed by atoms with Crippen LogP contribution in [-0.4, -0.2) is 16.1 Å². The zero-order chi connectivity index (χ0) is 15.1. The third-order valence-corrected chi connectivity index (χ3v) is 3.91. The first kappa shape index (κ1) is 13.0. The van der Waals surface area contributed by atoms with Crippen molar-refractivity contribution in [2.45, 2.75) is 12.8 Å². The summed E-state index contributed by atoms with van der Waals surface area (Å²) in [4.78, 5) is 11.8. The second-order valence-corrected chi connectivity index (χ2v) is 5.61. The SMILES string of the molecule is O=C(Nc1n[nH]c2cc(-c3cccc(F)c3)ccc12)C1CC1. The molecule has 110 valence electrons. The molecule has 1 aliphatic carbocycles. The van der Waals surface area contributed by atoms with Crippen LogP contribution < -0.4 is 5.32 Å². The smallest absolute Gasteiger partial charge is 0.228 e. The first-order valence-corrected chi connectivity index (χ1v) is 7.25. The first-order chi connectivity index (χ1) is 10.7. The van der Waals surface area contributed by atoms with Crippen molar-refractivity contribution >= 4 is 22.6 Å². The summed E-state index contributed by atoms with van der Waals surface area (Å²) in [7, 11) is 0. The number of halogens is 1. The minimum Gasteiger partial charge on any atom is -0.308 e. The maximum absolute atomic E-state index is 13.3. The normalized spacial score (nSPS) is 14.2. The lowest BCUT2D eigenvalue weighted by atomic mass is 10.0. The summed E-state index contributed by atoms with van der Waals surface area (Å²) in [6.07, 6.45) is 1.91. The average Bonchev–Trinajstić information content (AvgIpc) is 3.30. The van der Waals surface area contributed by atoms with Gasteiger partial charge in [0, 0.05) is 11.3 Å². The van der Waals surface area contributed by atoms with E-state index in [1.807, 2.05) is 24.3 Å². The van der Waals surface area contributed by atoms with Crippen LogP contribution in [0, 0.1) is 11.7 Å². The van der Waals surface area contributed by atoms with Gasteiger partial charge in [0.25, 0.3) is 0 Å². The van der Waals surface area contributed by atoms with Gasteiger partial charge in [0.2, 0.25) is 5.91 Å². The molecule has 4 nitrogen and oxygen atoms in total. The van der Waals surface area contributed by atoms with Crippen LogP contribution in [0.25, 0.3) is 22.0 Å². The van der Waals surface area contributed by atoms with E-state index < -0.39 is 0 Å². The fourth-order valence-electron chi connectivity index (χ4n) is 2.53. The van der Waals surface area contributed by atoms with Crippen LogP contribution in [0.5, 0.6) is 0 Å². The van der Waals surface area contributed by atoms with Gasteiger partial charge in [-0.3, -0.25) is 9.89 Å². The van der Waals surface area contributed by atoms with Crippen LogP contribution in [0.2, 0.25) is 0 Å². The zero-order valence-electron chi connectivity index (χ0n) is 11.8. The molecule has 22 heavy (non-hydrogen) atoms. The van der Waals surface area contributed by atoms with Gasteiger partial charge in [-0.1, -0.05) is 18.2 Å². The summed E-state index contributed by atoms with van der Waals surface area (Å²) < 4.78 is 13.3. The number of amides is 1. The van der Waals surface area contributed by atoms with Gasteiger partial charge >= 0.3 is 0 Å². The molecule has 0 bridgehead atoms. The summed E-state index contributed by atoms with van der Waals surface area (Å²) in [5.74, 6) is 0.457. The molecule has 1 amide bonds. The zero-order valence-corrected chi connectivity index (χ0v) is 11.8. The van der Waals surface area contributed by atoms with Gasteiger partial charge in [-0.15, -0.1) is 0 Å². The highest BCUT2D eigenvalue weighted by molar-refractivity contribution is 6.02. The molecule has 1 aliphatic rings. The number of H-pyrrole nitrogens is 1. The van der Waals surface area contributed by atoms with Gasteiger partial charge < -0.3 is 5.32 Å². The Morgan fingerprint density at radius 3 is 2.77 bits per heavy atom. The van der Waals surface area contributed by atoms with Crippen LogP contribution in [0.1, 0.15) is 12.8 Å². The molecule has 2 aromatic carbocycles. The third-order valence-electron chi connectivity index (χ3n) is 3.91. The maximum atomic E-state index is 13.3. The molecule has 0 radical (unpaired) electrons. The van der Waals surface area contributed by atoms with Gasteiger partial charge in [-0.25, -0.2) is 4.39 Å². The van der Waals surface area contributed by atoms with E-state index in [9.17, 15) is 9.18 Å². The lowest BCUT2D eigenvalue weighted by molar-refractivity contribution is -0.117. The van der Waals surface area contributed by atoms with Gasteiger partial charge in [0.1, 0.15) is 5.82 Å². The number of hydrogen-bond donors (Lipinski definition) is 2. The number of aromatic amines is 1. The highest BCUT2D eigenvalue weighted by atomic mass is 19.1. The molecule has 0 unspecified atom stereocenters. The number of nitrogens with zero attached hydrogens (tertiary/aromatic N) is 1. The maximum Gasteiger partial charge on any atom is 0.228 e.